The Bertz CT molecular complexity index is 130. The molecule has 3 nitrogen and oxygen atoms in total. The number of rotatable bonds is 2. The molecule has 1 aliphatic heterocycles. The van der Waals surface area contributed by atoms with Gasteiger partial charge in [0.15, 0.2) is 0 Å². The van der Waals surface area contributed by atoms with E-state index in [0.717, 1.165) is 0 Å². The number of hydrogen-bond acceptors (Lipinski definition) is 3. The molecule has 1 aliphatic rings. The Hall–Kier alpha value is -0.120. The SMILES string of the molecule is CC(C)(C)NC1(CO)COC1. The van der Waals surface area contributed by atoms with E-state index in [4.69, 9.17) is 9.84 Å². The molecule has 0 aromatic carbocycles. The normalized spacial score (nSPS) is 22.9. The molecule has 0 aromatic heterocycles. The van der Waals surface area contributed by atoms with Crippen molar-refractivity contribution in [3.8, 4) is 0 Å². The second kappa shape index (κ2) is 2.73. The van der Waals surface area contributed by atoms with E-state index >= 15 is 0 Å². The highest BCUT2D eigenvalue weighted by Crippen LogP contribution is 2.19. The summed E-state index contributed by atoms with van der Waals surface area (Å²) in [5.74, 6) is 0. The Morgan fingerprint density at radius 1 is 1.45 bits per heavy atom. The highest BCUT2D eigenvalue weighted by atomic mass is 16.5. The summed E-state index contributed by atoms with van der Waals surface area (Å²) in [6.45, 7) is 7.67. The quantitative estimate of drug-likeness (QED) is 0.602. The maximum atomic E-state index is 9.06. The van der Waals surface area contributed by atoms with E-state index in [1.807, 2.05) is 0 Å². The summed E-state index contributed by atoms with van der Waals surface area (Å²) >= 11 is 0. The van der Waals surface area contributed by atoms with Gasteiger partial charge in [0.2, 0.25) is 0 Å². The molecule has 0 aliphatic carbocycles. The zero-order valence-corrected chi connectivity index (χ0v) is 7.48. The van der Waals surface area contributed by atoms with E-state index in [1.165, 1.54) is 0 Å². The predicted octanol–water partition coefficient (Wildman–Crippen LogP) is 0.136. The molecule has 1 heterocycles. The first kappa shape index (κ1) is 8.97. The van der Waals surface area contributed by atoms with Crippen molar-refractivity contribution in [3.63, 3.8) is 0 Å². The fraction of sp³-hybridized carbons (Fsp3) is 1.00. The van der Waals surface area contributed by atoms with Crippen LogP contribution in [0.2, 0.25) is 0 Å². The Labute approximate surface area is 67.7 Å². The molecule has 1 saturated heterocycles. The second-order valence-corrected chi connectivity index (χ2v) is 4.31. The van der Waals surface area contributed by atoms with Crippen LogP contribution in [0.5, 0.6) is 0 Å². The minimum Gasteiger partial charge on any atom is -0.394 e. The van der Waals surface area contributed by atoms with Gasteiger partial charge in [0, 0.05) is 5.54 Å². The van der Waals surface area contributed by atoms with Crippen LogP contribution in [0.15, 0.2) is 0 Å². The van der Waals surface area contributed by atoms with Gasteiger partial charge >= 0.3 is 0 Å². The van der Waals surface area contributed by atoms with Crippen LogP contribution >= 0.6 is 0 Å². The van der Waals surface area contributed by atoms with Gasteiger partial charge in [-0.25, -0.2) is 0 Å². The van der Waals surface area contributed by atoms with E-state index in [-0.39, 0.29) is 17.7 Å². The molecule has 1 rings (SSSR count). The Morgan fingerprint density at radius 3 is 2.09 bits per heavy atom. The zero-order valence-electron chi connectivity index (χ0n) is 7.48. The van der Waals surface area contributed by atoms with Crippen LogP contribution in [-0.4, -0.2) is 36.0 Å². The lowest BCUT2D eigenvalue weighted by Crippen LogP contribution is -2.67. The predicted molar refractivity (Wildman–Crippen MR) is 43.5 cm³/mol. The molecule has 0 amide bonds. The summed E-state index contributed by atoms with van der Waals surface area (Å²) in [4.78, 5) is 0. The number of aliphatic hydroxyl groups is 1. The van der Waals surface area contributed by atoms with Gasteiger partial charge in [0.25, 0.3) is 0 Å². The standard InChI is InChI=1S/C8H17NO2/c1-7(2,3)9-8(4-10)5-11-6-8/h9-10H,4-6H2,1-3H3. The Balaban J connectivity index is 2.45. The molecule has 11 heavy (non-hydrogen) atoms. The van der Waals surface area contributed by atoms with Crippen LogP contribution in [-0.2, 0) is 4.74 Å². The molecule has 0 atom stereocenters. The molecule has 0 unspecified atom stereocenters. The molecular formula is C8H17NO2. The topological polar surface area (TPSA) is 41.5 Å². The molecule has 0 aromatic rings. The molecule has 0 saturated carbocycles. The zero-order chi connectivity index (χ0) is 8.54. The highest BCUT2D eigenvalue weighted by Gasteiger charge is 2.40. The van der Waals surface area contributed by atoms with Crippen LogP contribution < -0.4 is 5.32 Å². The number of hydrogen-bond donors (Lipinski definition) is 2. The molecule has 1 fully saturated rings. The van der Waals surface area contributed by atoms with E-state index in [0.29, 0.717) is 13.2 Å². The van der Waals surface area contributed by atoms with Crippen molar-refractivity contribution in [3.05, 3.63) is 0 Å². The average molecular weight is 159 g/mol. The summed E-state index contributed by atoms with van der Waals surface area (Å²) in [5, 5.41) is 12.4. The van der Waals surface area contributed by atoms with Gasteiger partial charge < -0.3 is 15.2 Å². The summed E-state index contributed by atoms with van der Waals surface area (Å²) in [7, 11) is 0. The van der Waals surface area contributed by atoms with Crippen LogP contribution in [0.1, 0.15) is 20.8 Å². The van der Waals surface area contributed by atoms with E-state index in [1.54, 1.807) is 0 Å². The summed E-state index contributed by atoms with van der Waals surface area (Å²) in [5.41, 5.74) is -0.120. The Morgan fingerprint density at radius 2 is 2.00 bits per heavy atom. The third-order valence-corrected chi connectivity index (χ3v) is 1.70. The first-order valence-corrected chi connectivity index (χ1v) is 3.95. The minimum atomic E-state index is -0.168. The largest absolute Gasteiger partial charge is 0.394 e. The third-order valence-electron chi connectivity index (χ3n) is 1.70. The van der Waals surface area contributed by atoms with Crippen LogP contribution in [0.3, 0.4) is 0 Å². The highest BCUT2D eigenvalue weighted by molar-refractivity contribution is 4.97. The fourth-order valence-electron chi connectivity index (χ4n) is 1.35. The van der Waals surface area contributed by atoms with Crippen molar-refractivity contribution in [2.75, 3.05) is 19.8 Å². The van der Waals surface area contributed by atoms with E-state index in [2.05, 4.69) is 26.1 Å². The summed E-state index contributed by atoms with van der Waals surface area (Å²) < 4.78 is 5.05. The molecule has 2 N–H and O–H groups in total. The van der Waals surface area contributed by atoms with Gasteiger partial charge in [-0.2, -0.15) is 0 Å². The van der Waals surface area contributed by atoms with Crippen molar-refractivity contribution >= 4 is 0 Å². The lowest BCUT2D eigenvalue weighted by atomic mass is 9.94. The van der Waals surface area contributed by atoms with Crippen molar-refractivity contribution in [2.45, 2.75) is 31.8 Å². The summed E-state index contributed by atoms with van der Waals surface area (Å²) in [6.07, 6.45) is 0. The van der Waals surface area contributed by atoms with Crippen molar-refractivity contribution in [1.29, 1.82) is 0 Å². The Kier molecular flexibility index (Phi) is 2.23. The van der Waals surface area contributed by atoms with Crippen molar-refractivity contribution in [2.24, 2.45) is 0 Å². The molecule has 0 bridgehead atoms. The molecular weight excluding hydrogens is 142 g/mol. The minimum absolute atomic E-state index is 0.0481. The van der Waals surface area contributed by atoms with Gasteiger partial charge in [-0.3, -0.25) is 0 Å². The van der Waals surface area contributed by atoms with Crippen LogP contribution in [0.25, 0.3) is 0 Å². The fourth-order valence-corrected chi connectivity index (χ4v) is 1.35. The maximum absolute atomic E-state index is 9.06. The van der Waals surface area contributed by atoms with Gasteiger partial charge in [-0.15, -0.1) is 0 Å². The lowest BCUT2D eigenvalue weighted by molar-refractivity contribution is -0.107. The number of nitrogens with one attached hydrogen (secondary N) is 1. The third kappa shape index (κ3) is 2.15. The molecule has 66 valence electrons. The first-order valence-electron chi connectivity index (χ1n) is 3.95. The van der Waals surface area contributed by atoms with Gasteiger partial charge in [0.1, 0.15) is 0 Å². The smallest absolute Gasteiger partial charge is 0.0891 e. The number of aliphatic hydroxyl groups excluding tert-OH is 1. The molecule has 0 spiro atoms. The van der Waals surface area contributed by atoms with Gasteiger partial charge in [0.05, 0.1) is 25.4 Å². The van der Waals surface area contributed by atoms with Crippen LogP contribution in [0, 0.1) is 0 Å². The average Bonchev–Trinajstić information content (AvgIpc) is 1.77. The summed E-state index contributed by atoms with van der Waals surface area (Å²) in [6, 6.07) is 0. The first-order chi connectivity index (χ1) is 4.97. The van der Waals surface area contributed by atoms with Crippen LogP contribution in [0.4, 0.5) is 0 Å². The second-order valence-electron chi connectivity index (χ2n) is 4.31. The lowest BCUT2D eigenvalue weighted by Gasteiger charge is -2.45. The monoisotopic (exact) mass is 159 g/mol. The van der Waals surface area contributed by atoms with Gasteiger partial charge in [-0.1, -0.05) is 0 Å². The van der Waals surface area contributed by atoms with E-state index < -0.39 is 0 Å². The molecule has 0 radical (unpaired) electrons. The van der Waals surface area contributed by atoms with E-state index in [9.17, 15) is 0 Å². The molecule has 3 heteroatoms. The number of ether oxygens (including phenoxy) is 1. The van der Waals surface area contributed by atoms with Crippen molar-refractivity contribution in [1.82, 2.24) is 5.32 Å². The van der Waals surface area contributed by atoms with Gasteiger partial charge in [-0.05, 0) is 20.8 Å². The van der Waals surface area contributed by atoms with Crippen molar-refractivity contribution < 1.29 is 9.84 Å². The maximum Gasteiger partial charge on any atom is 0.0891 e.